The van der Waals surface area contributed by atoms with Crippen LogP contribution in [0.2, 0.25) is 0 Å². The second-order valence-electron chi connectivity index (χ2n) is 12.4. The van der Waals surface area contributed by atoms with Crippen LogP contribution in [-0.2, 0) is 20.7 Å². The highest BCUT2D eigenvalue weighted by molar-refractivity contribution is 5.49. The molecule has 7 rings (SSSR count). The summed E-state index contributed by atoms with van der Waals surface area (Å²) in [5, 5.41) is 0. The van der Waals surface area contributed by atoms with Gasteiger partial charge in [-0.2, -0.15) is 0 Å². The number of aromatic nitrogens is 2. The van der Waals surface area contributed by atoms with Gasteiger partial charge in [0.05, 0.1) is 19.3 Å². The first-order valence-electron chi connectivity index (χ1n) is 17.0. The Labute approximate surface area is 297 Å². The summed E-state index contributed by atoms with van der Waals surface area (Å²) in [7, 11) is 0. The van der Waals surface area contributed by atoms with E-state index in [0.717, 1.165) is 33.4 Å². The van der Waals surface area contributed by atoms with Crippen LogP contribution in [0.15, 0.2) is 204 Å². The SMILES string of the molecule is O=c1ccn(C(COC(c2ccccc2)(c2ccccc2)c2ccccc2)COC(c2ccccc2)(c2ccccc2)c2ccccc2)c(=O)[nH]1. The molecule has 0 unspecified atom stereocenters. The van der Waals surface area contributed by atoms with Crippen molar-refractivity contribution in [3.8, 4) is 0 Å². The van der Waals surface area contributed by atoms with Crippen LogP contribution >= 0.6 is 0 Å². The van der Waals surface area contributed by atoms with Crippen molar-refractivity contribution in [3.05, 3.63) is 248 Å². The molecular weight excluding hydrogens is 633 g/mol. The molecule has 6 aromatic carbocycles. The molecule has 0 radical (unpaired) electrons. The maximum atomic E-state index is 13.5. The zero-order valence-electron chi connectivity index (χ0n) is 28.0. The van der Waals surface area contributed by atoms with Gasteiger partial charge < -0.3 is 9.47 Å². The molecule has 0 bridgehead atoms. The standard InChI is InChI=1S/C45H38N2O4/c48-42-31-32-47(43(49)46-42)41(33-50-44(35-19-7-1-8-20-35,36-21-9-2-10-22-36)37-23-11-3-12-24-37)34-51-45(38-25-13-4-14-26-38,39-27-15-5-16-28-39)40-29-17-6-18-30-40/h1-32,41H,33-34H2,(H,46,48,49). The minimum absolute atomic E-state index is 0.0546. The highest BCUT2D eigenvalue weighted by atomic mass is 16.5. The lowest BCUT2D eigenvalue weighted by Crippen LogP contribution is -2.41. The number of benzene rings is 6. The quantitative estimate of drug-likeness (QED) is 0.126. The maximum absolute atomic E-state index is 13.5. The smallest absolute Gasteiger partial charge is 0.328 e. The van der Waals surface area contributed by atoms with Crippen LogP contribution in [0.3, 0.4) is 0 Å². The van der Waals surface area contributed by atoms with E-state index in [1.807, 2.05) is 109 Å². The molecule has 0 aliphatic carbocycles. The van der Waals surface area contributed by atoms with Crippen LogP contribution in [-0.4, -0.2) is 22.8 Å². The monoisotopic (exact) mass is 670 g/mol. The van der Waals surface area contributed by atoms with Crippen LogP contribution < -0.4 is 11.2 Å². The van der Waals surface area contributed by atoms with E-state index < -0.39 is 28.5 Å². The van der Waals surface area contributed by atoms with Crippen molar-refractivity contribution in [2.45, 2.75) is 17.2 Å². The Bertz CT molecular complexity index is 1920. The number of ether oxygens (including phenoxy) is 2. The Balaban J connectivity index is 1.37. The molecule has 0 atom stereocenters. The fourth-order valence-corrected chi connectivity index (χ4v) is 6.90. The molecular formula is C45H38N2O4. The number of hydrogen-bond acceptors (Lipinski definition) is 4. The fourth-order valence-electron chi connectivity index (χ4n) is 6.90. The number of aromatic amines is 1. The van der Waals surface area contributed by atoms with Crippen molar-refractivity contribution in [2.75, 3.05) is 13.2 Å². The molecule has 1 aromatic heterocycles. The molecule has 0 spiro atoms. The van der Waals surface area contributed by atoms with Crippen molar-refractivity contribution < 1.29 is 9.47 Å². The van der Waals surface area contributed by atoms with Crippen molar-refractivity contribution >= 4 is 0 Å². The van der Waals surface area contributed by atoms with Crippen LogP contribution in [0.1, 0.15) is 39.4 Å². The molecule has 0 amide bonds. The van der Waals surface area contributed by atoms with E-state index in [9.17, 15) is 9.59 Å². The number of rotatable bonds is 13. The maximum Gasteiger partial charge on any atom is 0.328 e. The van der Waals surface area contributed by atoms with E-state index >= 15 is 0 Å². The molecule has 252 valence electrons. The van der Waals surface area contributed by atoms with Gasteiger partial charge in [-0.3, -0.25) is 14.3 Å². The lowest BCUT2D eigenvalue weighted by Gasteiger charge is -2.39. The minimum atomic E-state index is -1.04. The summed E-state index contributed by atoms with van der Waals surface area (Å²) in [6, 6.07) is 61.3. The van der Waals surface area contributed by atoms with Gasteiger partial charge in [-0.15, -0.1) is 0 Å². The third-order valence-electron chi connectivity index (χ3n) is 9.31. The fraction of sp³-hybridized carbons (Fsp3) is 0.111. The van der Waals surface area contributed by atoms with E-state index in [4.69, 9.17) is 9.47 Å². The zero-order chi connectivity index (χ0) is 34.9. The molecule has 51 heavy (non-hydrogen) atoms. The molecule has 0 fully saturated rings. The Kier molecular flexibility index (Phi) is 9.97. The first-order chi connectivity index (χ1) is 25.1. The van der Waals surface area contributed by atoms with Gasteiger partial charge in [-0.05, 0) is 33.4 Å². The third-order valence-corrected chi connectivity index (χ3v) is 9.31. The number of H-pyrrole nitrogens is 1. The molecule has 0 saturated carbocycles. The van der Waals surface area contributed by atoms with Gasteiger partial charge in [0.15, 0.2) is 0 Å². The minimum Gasteiger partial charge on any atom is -0.359 e. The predicted octanol–water partition coefficient (Wildman–Crippen LogP) is 8.10. The summed E-state index contributed by atoms with van der Waals surface area (Å²) in [4.78, 5) is 28.3. The van der Waals surface area contributed by atoms with Gasteiger partial charge in [0.2, 0.25) is 0 Å². The van der Waals surface area contributed by atoms with Crippen molar-refractivity contribution in [2.24, 2.45) is 0 Å². The van der Waals surface area contributed by atoms with Gasteiger partial charge in [0, 0.05) is 12.3 Å². The summed E-state index contributed by atoms with van der Waals surface area (Å²) in [6.07, 6.45) is 1.52. The van der Waals surface area contributed by atoms with Gasteiger partial charge >= 0.3 is 5.69 Å². The average molecular weight is 671 g/mol. The normalized spacial score (nSPS) is 11.8. The Morgan fingerprint density at radius 3 is 0.961 bits per heavy atom. The molecule has 0 saturated heterocycles. The number of nitrogens with zero attached hydrogens (tertiary/aromatic N) is 1. The highest BCUT2D eigenvalue weighted by Gasteiger charge is 2.41. The van der Waals surface area contributed by atoms with Crippen molar-refractivity contribution in [1.82, 2.24) is 9.55 Å². The highest BCUT2D eigenvalue weighted by Crippen LogP contribution is 2.43. The van der Waals surface area contributed by atoms with E-state index in [-0.39, 0.29) is 13.2 Å². The summed E-state index contributed by atoms with van der Waals surface area (Å²) in [5.74, 6) is 0. The number of hydrogen-bond donors (Lipinski definition) is 1. The first kappa shape index (κ1) is 33.4. The topological polar surface area (TPSA) is 73.3 Å². The lowest BCUT2D eigenvalue weighted by molar-refractivity contribution is -0.0527. The van der Waals surface area contributed by atoms with Crippen LogP contribution in [0.4, 0.5) is 0 Å². The van der Waals surface area contributed by atoms with E-state index in [1.54, 1.807) is 0 Å². The zero-order valence-corrected chi connectivity index (χ0v) is 28.0. The second kappa shape index (κ2) is 15.2. The molecule has 7 aromatic rings. The van der Waals surface area contributed by atoms with E-state index in [0.29, 0.717) is 0 Å². The number of nitrogens with one attached hydrogen (secondary N) is 1. The third kappa shape index (κ3) is 6.75. The summed E-state index contributed by atoms with van der Waals surface area (Å²) in [6.45, 7) is 0.109. The Hall–Kier alpha value is -6.08. The second-order valence-corrected chi connectivity index (χ2v) is 12.4. The Morgan fingerprint density at radius 1 is 0.431 bits per heavy atom. The van der Waals surface area contributed by atoms with Crippen molar-refractivity contribution in [1.29, 1.82) is 0 Å². The van der Waals surface area contributed by atoms with Gasteiger partial charge in [0.25, 0.3) is 5.56 Å². The molecule has 0 aliphatic rings. The molecule has 0 aliphatic heterocycles. The van der Waals surface area contributed by atoms with Crippen LogP contribution in [0.5, 0.6) is 0 Å². The van der Waals surface area contributed by atoms with Crippen molar-refractivity contribution in [3.63, 3.8) is 0 Å². The van der Waals surface area contributed by atoms with Gasteiger partial charge in [-0.1, -0.05) is 182 Å². The largest absolute Gasteiger partial charge is 0.359 e. The lowest BCUT2D eigenvalue weighted by atomic mass is 9.80. The summed E-state index contributed by atoms with van der Waals surface area (Å²) in [5.41, 5.74) is 2.50. The molecule has 1 heterocycles. The van der Waals surface area contributed by atoms with Gasteiger partial charge in [-0.25, -0.2) is 4.79 Å². The Morgan fingerprint density at radius 2 is 0.706 bits per heavy atom. The average Bonchev–Trinajstić information content (AvgIpc) is 3.20. The molecule has 1 N–H and O–H groups in total. The molecule has 6 nitrogen and oxygen atoms in total. The summed E-state index contributed by atoms with van der Waals surface area (Å²) < 4.78 is 16.0. The predicted molar refractivity (Wildman–Crippen MR) is 201 cm³/mol. The first-order valence-corrected chi connectivity index (χ1v) is 17.0. The molecule has 6 heteroatoms. The van der Waals surface area contributed by atoms with Gasteiger partial charge in [0.1, 0.15) is 11.2 Å². The summed E-state index contributed by atoms with van der Waals surface area (Å²) >= 11 is 0. The van der Waals surface area contributed by atoms with E-state index in [1.165, 1.54) is 16.8 Å². The van der Waals surface area contributed by atoms with Crippen LogP contribution in [0, 0.1) is 0 Å². The van der Waals surface area contributed by atoms with E-state index in [2.05, 4.69) is 77.8 Å². The van der Waals surface area contributed by atoms with Crippen LogP contribution in [0.25, 0.3) is 0 Å².